The highest BCUT2D eigenvalue weighted by Gasteiger charge is 2.32. The number of ether oxygens (including phenoxy) is 2. The maximum absolute atomic E-state index is 9.62. The molecule has 238 valence electrons. The fourth-order valence-electron chi connectivity index (χ4n) is 6.46. The minimum atomic E-state index is -0.273. The topological polar surface area (TPSA) is 169 Å². The van der Waals surface area contributed by atoms with Crippen LogP contribution in [0.15, 0.2) is 43.1 Å². The average molecular weight is 623 g/mol. The van der Waals surface area contributed by atoms with E-state index in [1.165, 1.54) is 6.33 Å². The highest BCUT2D eigenvalue weighted by molar-refractivity contribution is 5.67. The Morgan fingerprint density at radius 2 is 1.78 bits per heavy atom. The maximum atomic E-state index is 9.62. The lowest BCUT2D eigenvalue weighted by molar-refractivity contribution is -0.0852. The first-order valence-corrected chi connectivity index (χ1v) is 15.7. The van der Waals surface area contributed by atoms with E-state index < -0.39 is 0 Å². The number of aromatic nitrogens is 8. The monoisotopic (exact) mass is 622 g/mol. The first-order chi connectivity index (χ1) is 22.4. The molecule has 4 aromatic rings. The van der Waals surface area contributed by atoms with Gasteiger partial charge in [0.2, 0.25) is 5.95 Å². The predicted molar refractivity (Wildman–Crippen MR) is 168 cm³/mol. The summed E-state index contributed by atoms with van der Waals surface area (Å²) in [7, 11) is 0. The van der Waals surface area contributed by atoms with Gasteiger partial charge in [0.25, 0.3) is 0 Å². The summed E-state index contributed by atoms with van der Waals surface area (Å²) >= 11 is 0. The van der Waals surface area contributed by atoms with Crippen LogP contribution in [0.5, 0.6) is 5.75 Å². The van der Waals surface area contributed by atoms with E-state index in [1.807, 2.05) is 29.9 Å². The highest BCUT2D eigenvalue weighted by atomic mass is 16.5. The van der Waals surface area contributed by atoms with Crippen molar-refractivity contribution in [3.8, 4) is 29.0 Å². The van der Waals surface area contributed by atoms with Gasteiger partial charge in [-0.3, -0.25) is 9.58 Å². The number of anilines is 2. The zero-order valence-corrected chi connectivity index (χ0v) is 26.3. The van der Waals surface area contributed by atoms with Crippen LogP contribution in [0.4, 0.5) is 11.6 Å². The van der Waals surface area contributed by atoms with Crippen molar-refractivity contribution >= 4 is 11.6 Å². The highest BCUT2D eigenvalue weighted by Crippen LogP contribution is 2.34. The molecule has 4 heterocycles. The number of benzene rings is 1. The number of tetrazole rings is 1. The van der Waals surface area contributed by atoms with Crippen molar-refractivity contribution in [1.29, 1.82) is 10.5 Å². The lowest BCUT2D eigenvalue weighted by atomic mass is 9.89. The van der Waals surface area contributed by atoms with Crippen LogP contribution in [0, 0.1) is 22.7 Å². The van der Waals surface area contributed by atoms with Gasteiger partial charge in [-0.2, -0.15) is 15.6 Å². The Morgan fingerprint density at radius 3 is 2.46 bits per heavy atom. The van der Waals surface area contributed by atoms with Crippen molar-refractivity contribution in [2.75, 3.05) is 18.4 Å². The average Bonchev–Trinajstić information content (AvgIpc) is 3.71. The van der Waals surface area contributed by atoms with Gasteiger partial charge in [-0.05, 0) is 74.6 Å². The van der Waals surface area contributed by atoms with Crippen LogP contribution in [0.1, 0.15) is 63.8 Å². The molecule has 1 saturated heterocycles. The predicted octanol–water partition coefficient (Wildman–Crippen LogP) is 4.07. The van der Waals surface area contributed by atoms with Crippen LogP contribution in [0.2, 0.25) is 0 Å². The zero-order valence-electron chi connectivity index (χ0n) is 26.3. The molecule has 1 aliphatic carbocycles. The largest absolute Gasteiger partial charge is 0.487 e. The maximum Gasteiger partial charge on any atom is 0.227 e. The van der Waals surface area contributed by atoms with E-state index in [4.69, 9.17) is 14.6 Å². The quantitative estimate of drug-likeness (QED) is 0.269. The van der Waals surface area contributed by atoms with Crippen molar-refractivity contribution in [1.82, 2.24) is 44.9 Å². The number of hydrogen-bond acceptors (Lipinski definition) is 12. The fourth-order valence-corrected chi connectivity index (χ4v) is 6.46. The van der Waals surface area contributed by atoms with Crippen LogP contribution < -0.4 is 10.1 Å². The van der Waals surface area contributed by atoms with Gasteiger partial charge in [0.05, 0.1) is 48.5 Å². The molecule has 1 N–H and O–H groups in total. The molecule has 0 unspecified atom stereocenters. The number of rotatable bonds is 10. The molecule has 1 aliphatic heterocycles. The molecule has 3 atom stereocenters. The molecule has 0 spiro atoms. The molecule has 0 bridgehead atoms. The van der Waals surface area contributed by atoms with Crippen molar-refractivity contribution < 1.29 is 9.47 Å². The Bertz CT molecular complexity index is 1670. The molecule has 3 aromatic heterocycles. The molecule has 6 rings (SSSR count). The lowest BCUT2D eigenvalue weighted by Gasteiger charge is -2.42. The smallest absolute Gasteiger partial charge is 0.227 e. The van der Waals surface area contributed by atoms with Crippen LogP contribution in [0.25, 0.3) is 11.1 Å². The third-order valence-corrected chi connectivity index (χ3v) is 8.56. The van der Waals surface area contributed by atoms with Crippen LogP contribution in [0.3, 0.4) is 0 Å². The normalized spacial score (nSPS) is 22.5. The molecular weight excluding hydrogens is 584 g/mol. The Balaban J connectivity index is 1.11. The fraction of sp³-hybridized carbons (Fsp3) is 0.500. The molecule has 14 heteroatoms. The summed E-state index contributed by atoms with van der Waals surface area (Å²) in [6.45, 7) is 8.61. The van der Waals surface area contributed by atoms with Crippen LogP contribution in [-0.4, -0.2) is 82.3 Å². The molecule has 0 amide bonds. The molecule has 2 fully saturated rings. The van der Waals surface area contributed by atoms with Gasteiger partial charge < -0.3 is 14.8 Å². The van der Waals surface area contributed by atoms with E-state index in [2.05, 4.69) is 61.7 Å². The van der Waals surface area contributed by atoms with Crippen molar-refractivity contribution in [2.24, 2.45) is 0 Å². The second kappa shape index (κ2) is 14.0. The van der Waals surface area contributed by atoms with Gasteiger partial charge in [-0.25, -0.2) is 14.6 Å². The Labute approximate surface area is 268 Å². The third-order valence-electron chi connectivity index (χ3n) is 8.56. The Morgan fingerprint density at radius 1 is 1.04 bits per heavy atom. The molecule has 1 saturated carbocycles. The summed E-state index contributed by atoms with van der Waals surface area (Å²) < 4.78 is 15.6. The summed E-state index contributed by atoms with van der Waals surface area (Å²) in [6, 6.07) is 10.6. The van der Waals surface area contributed by atoms with Gasteiger partial charge in [0.1, 0.15) is 29.9 Å². The van der Waals surface area contributed by atoms with Crippen molar-refractivity contribution in [3.05, 3.63) is 54.4 Å². The molecule has 14 nitrogen and oxygen atoms in total. The number of nitrogens with zero attached hydrogens (tertiary/aromatic N) is 11. The molecule has 0 radical (unpaired) electrons. The molecule has 46 heavy (non-hydrogen) atoms. The summed E-state index contributed by atoms with van der Waals surface area (Å²) in [5.74, 6) is 0.862. The molecule has 1 aromatic carbocycles. The van der Waals surface area contributed by atoms with E-state index in [-0.39, 0.29) is 30.8 Å². The van der Waals surface area contributed by atoms with E-state index in [0.717, 1.165) is 55.6 Å². The van der Waals surface area contributed by atoms with Crippen LogP contribution >= 0.6 is 0 Å². The lowest BCUT2D eigenvalue weighted by Crippen LogP contribution is -2.51. The summed E-state index contributed by atoms with van der Waals surface area (Å²) in [5.41, 5.74) is 3.41. The Kier molecular flexibility index (Phi) is 9.47. The number of hydrogen-bond donors (Lipinski definition) is 1. The second-order valence-corrected chi connectivity index (χ2v) is 12.2. The minimum Gasteiger partial charge on any atom is -0.487 e. The second-order valence-electron chi connectivity index (χ2n) is 12.2. The van der Waals surface area contributed by atoms with Gasteiger partial charge in [-0.1, -0.05) is 6.07 Å². The Hall–Kier alpha value is -4.92. The third kappa shape index (κ3) is 7.30. The van der Waals surface area contributed by atoms with Gasteiger partial charge >= 0.3 is 0 Å². The molecular formula is C32H38N12O2. The van der Waals surface area contributed by atoms with Gasteiger partial charge in [-0.15, -0.1) is 5.10 Å². The number of morpholine rings is 1. The van der Waals surface area contributed by atoms with Crippen LogP contribution in [-0.2, 0) is 17.7 Å². The van der Waals surface area contributed by atoms with Crippen molar-refractivity contribution in [3.63, 3.8) is 0 Å². The van der Waals surface area contributed by atoms with Gasteiger partial charge in [0, 0.05) is 43.3 Å². The standard InChI is InChI=1S/C32H38N12O2/c1-21-16-42(17-22(2)45-21)27-6-8-28(9-7-27)44-19-30(29(39-44)10-11-33)38-32-35-14-26(15-36-32)24-4-5-25(13-34)31(12-24)46-23(3)18-43-20-37-40-41-43/h4-5,12,14-15,19-23,27-28H,6-10,16-18H2,1-3H3,(H,35,36,38)/t21-,22+,23-,27?,28?/m0/s1. The van der Waals surface area contributed by atoms with E-state index >= 15 is 0 Å². The molecule has 2 aliphatic rings. The zero-order chi connectivity index (χ0) is 32.0. The van der Waals surface area contributed by atoms with E-state index in [1.54, 1.807) is 23.1 Å². The van der Waals surface area contributed by atoms with Crippen molar-refractivity contribution in [2.45, 2.75) is 89.8 Å². The summed E-state index contributed by atoms with van der Waals surface area (Å²) in [5, 5.41) is 38.3. The van der Waals surface area contributed by atoms with E-state index in [0.29, 0.717) is 35.5 Å². The summed E-state index contributed by atoms with van der Waals surface area (Å²) in [4.78, 5) is 11.7. The first kappa shape index (κ1) is 31.1. The number of nitrogens with one attached hydrogen (secondary N) is 1. The summed E-state index contributed by atoms with van der Waals surface area (Å²) in [6.07, 6.45) is 11.7. The SMILES string of the molecule is C[C@@H]1CN(C2CCC(n3cc(Nc4ncc(-c5ccc(C#N)c(O[C@@H](C)Cn6cnnn6)c5)cn4)c(CC#N)n3)CC2)C[C@H](C)O1. The first-order valence-electron chi connectivity index (χ1n) is 15.7. The van der Waals surface area contributed by atoms with E-state index in [9.17, 15) is 10.5 Å². The van der Waals surface area contributed by atoms with Gasteiger partial charge in [0.15, 0.2) is 0 Å². The number of nitriles is 2. The minimum absolute atomic E-state index is 0.187.